The summed E-state index contributed by atoms with van der Waals surface area (Å²) in [5.41, 5.74) is 1.81. The summed E-state index contributed by atoms with van der Waals surface area (Å²) < 4.78 is 0. The van der Waals surface area contributed by atoms with Crippen LogP contribution in [0, 0.1) is 0 Å². The van der Waals surface area contributed by atoms with Crippen molar-refractivity contribution in [2.45, 2.75) is 38.6 Å². The largest absolute Gasteiger partial charge is 0.355 e. The van der Waals surface area contributed by atoms with Gasteiger partial charge in [-0.1, -0.05) is 66.5 Å². The second-order valence-electron chi connectivity index (χ2n) is 6.52. The maximum atomic E-state index is 13.1. The lowest BCUT2D eigenvalue weighted by atomic mass is 10.1. The molecule has 0 aliphatic carbocycles. The predicted octanol–water partition coefficient (Wildman–Crippen LogP) is 5.17. The summed E-state index contributed by atoms with van der Waals surface area (Å²) in [6.07, 6.45) is 0.525. The lowest BCUT2D eigenvalue weighted by Crippen LogP contribution is -2.49. The summed E-state index contributed by atoms with van der Waals surface area (Å²) in [5, 5.41) is 4.10. The van der Waals surface area contributed by atoms with E-state index in [1.165, 1.54) is 11.8 Å². The van der Waals surface area contributed by atoms with E-state index in [2.05, 4.69) is 5.32 Å². The molecule has 0 aliphatic heterocycles. The van der Waals surface area contributed by atoms with Crippen molar-refractivity contribution in [2.75, 3.05) is 12.3 Å². The van der Waals surface area contributed by atoms with Gasteiger partial charge in [-0.15, -0.1) is 11.8 Å². The van der Waals surface area contributed by atoms with Crippen molar-refractivity contribution >= 4 is 46.8 Å². The van der Waals surface area contributed by atoms with Gasteiger partial charge in [-0.05, 0) is 36.6 Å². The molecule has 0 aromatic heterocycles. The van der Waals surface area contributed by atoms with Gasteiger partial charge in [0.25, 0.3) is 0 Å². The Morgan fingerprint density at radius 3 is 2.14 bits per heavy atom. The maximum absolute atomic E-state index is 13.1. The van der Waals surface area contributed by atoms with Crippen molar-refractivity contribution in [2.24, 2.45) is 0 Å². The first-order chi connectivity index (χ1) is 14.0. The molecule has 156 valence electrons. The minimum Gasteiger partial charge on any atom is -0.355 e. The third-order valence-corrected chi connectivity index (χ3v) is 6.18. The molecule has 2 aromatic carbocycles. The number of thioether (sulfide) groups is 1. The SMILES string of the molecule is CCNC(=O)[C@@H](CC)N(Cc1ccccc1Cl)C(=O)CSCc1ccccc1Cl. The average molecular weight is 453 g/mol. The smallest absolute Gasteiger partial charge is 0.242 e. The second kappa shape index (κ2) is 12.1. The van der Waals surface area contributed by atoms with E-state index in [4.69, 9.17) is 23.2 Å². The van der Waals surface area contributed by atoms with Crippen molar-refractivity contribution in [3.63, 3.8) is 0 Å². The van der Waals surface area contributed by atoms with E-state index < -0.39 is 6.04 Å². The van der Waals surface area contributed by atoms with Crippen molar-refractivity contribution in [3.05, 3.63) is 69.7 Å². The predicted molar refractivity (Wildman–Crippen MR) is 122 cm³/mol. The molecule has 7 heteroatoms. The number of carbonyl (C=O) groups excluding carboxylic acids is 2. The van der Waals surface area contributed by atoms with Gasteiger partial charge in [-0.25, -0.2) is 0 Å². The summed E-state index contributed by atoms with van der Waals surface area (Å²) >= 11 is 14.0. The van der Waals surface area contributed by atoms with Crippen LogP contribution in [0.25, 0.3) is 0 Å². The normalized spacial score (nSPS) is 11.7. The van der Waals surface area contributed by atoms with Gasteiger partial charge in [0.05, 0.1) is 5.75 Å². The molecular formula is C22H26Cl2N2O2S. The molecule has 0 spiro atoms. The van der Waals surface area contributed by atoms with E-state index in [9.17, 15) is 9.59 Å². The number of halogens is 2. The van der Waals surface area contributed by atoms with Crippen LogP contribution in [0.4, 0.5) is 0 Å². The molecule has 0 unspecified atom stereocenters. The number of carbonyl (C=O) groups is 2. The van der Waals surface area contributed by atoms with Crippen LogP contribution in [-0.2, 0) is 21.9 Å². The molecule has 0 saturated heterocycles. The quantitative estimate of drug-likeness (QED) is 0.540. The average Bonchev–Trinajstić information content (AvgIpc) is 2.70. The number of amides is 2. The highest BCUT2D eigenvalue weighted by Crippen LogP contribution is 2.23. The third-order valence-electron chi connectivity index (χ3n) is 4.48. The van der Waals surface area contributed by atoms with Crippen LogP contribution in [-0.4, -0.2) is 35.1 Å². The Morgan fingerprint density at radius 2 is 1.59 bits per heavy atom. The van der Waals surface area contributed by atoms with Crippen LogP contribution in [0.15, 0.2) is 48.5 Å². The molecule has 1 atom stereocenters. The monoisotopic (exact) mass is 452 g/mol. The molecule has 0 heterocycles. The van der Waals surface area contributed by atoms with E-state index in [0.29, 0.717) is 35.3 Å². The highest BCUT2D eigenvalue weighted by Gasteiger charge is 2.28. The minimum atomic E-state index is -0.542. The van der Waals surface area contributed by atoms with Crippen LogP contribution in [0.5, 0.6) is 0 Å². The summed E-state index contributed by atoms with van der Waals surface area (Å²) in [6, 6.07) is 14.4. The molecule has 2 amide bonds. The van der Waals surface area contributed by atoms with E-state index in [1.54, 1.807) is 11.0 Å². The molecule has 29 heavy (non-hydrogen) atoms. The van der Waals surface area contributed by atoms with E-state index in [-0.39, 0.29) is 17.6 Å². The lowest BCUT2D eigenvalue weighted by Gasteiger charge is -2.30. The fourth-order valence-electron chi connectivity index (χ4n) is 2.97. The Kier molecular flexibility index (Phi) is 9.85. The Bertz CT molecular complexity index is 832. The summed E-state index contributed by atoms with van der Waals surface area (Å²) in [6.45, 7) is 4.58. The molecule has 2 aromatic rings. The number of nitrogens with one attached hydrogen (secondary N) is 1. The van der Waals surface area contributed by atoms with Gasteiger partial charge in [0.2, 0.25) is 11.8 Å². The highest BCUT2D eigenvalue weighted by molar-refractivity contribution is 7.99. The summed E-state index contributed by atoms with van der Waals surface area (Å²) in [5.74, 6) is 0.640. The van der Waals surface area contributed by atoms with Crippen LogP contribution < -0.4 is 5.32 Å². The standard InChI is InChI=1S/C22H26Cl2N2O2S/c1-3-20(22(28)25-4-2)26(13-16-9-5-7-11-18(16)23)21(27)15-29-14-17-10-6-8-12-19(17)24/h5-12,20H,3-4,13-15H2,1-2H3,(H,25,28)/t20-/m1/s1. The summed E-state index contributed by atoms with van der Waals surface area (Å²) in [7, 11) is 0. The number of likely N-dealkylation sites (N-methyl/N-ethyl adjacent to an activating group) is 1. The molecule has 0 aliphatic rings. The zero-order valence-electron chi connectivity index (χ0n) is 16.7. The first-order valence-electron chi connectivity index (χ1n) is 9.59. The second-order valence-corrected chi connectivity index (χ2v) is 8.32. The van der Waals surface area contributed by atoms with Crippen LogP contribution in [0.2, 0.25) is 10.0 Å². The Labute approximate surface area is 187 Å². The van der Waals surface area contributed by atoms with Gasteiger partial charge in [-0.2, -0.15) is 0 Å². The van der Waals surface area contributed by atoms with Gasteiger partial charge >= 0.3 is 0 Å². The van der Waals surface area contributed by atoms with Gasteiger partial charge in [-0.3, -0.25) is 9.59 Å². The molecule has 0 radical (unpaired) electrons. The molecular weight excluding hydrogens is 427 g/mol. The first kappa shape index (κ1) is 23.6. The number of benzene rings is 2. The van der Waals surface area contributed by atoms with Gasteiger partial charge in [0, 0.05) is 28.9 Å². The van der Waals surface area contributed by atoms with Crippen LogP contribution in [0.1, 0.15) is 31.4 Å². The molecule has 0 bridgehead atoms. The third kappa shape index (κ3) is 6.95. The van der Waals surface area contributed by atoms with Gasteiger partial charge in [0.15, 0.2) is 0 Å². The number of hydrogen-bond donors (Lipinski definition) is 1. The summed E-state index contributed by atoms with van der Waals surface area (Å²) in [4.78, 5) is 27.3. The fourth-order valence-corrected chi connectivity index (χ4v) is 4.36. The van der Waals surface area contributed by atoms with Gasteiger partial charge < -0.3 is 10.2 Å². The van der Waals surface area contributed by atoms with Crippen molar-refractivity contribution in [1.29, 1.82) is 0 Å². The van der Waals surface area contributed by atoms with E-state index in [0.717, 1.165) is 11.1 Å². The van der Waals surface area contributed by atoms with Crippen LogP contribution >= 0.6 is 35.0 Å². The maximum Gasteiger partial charge on any atom is 0.242 e. The molecule has 0 saturated carbocycles. The molecule has 2 rings (SSSR count). The minimum absolute atomic E-state index is 0.0972. The van der Waals surface area contributed by atoms with Crippen molar-refractivity contribution in [3.8, 4) is 0 Å². The van der Waals surface area contributed by atoms with E-state index >= 15 is 0 Å². The first-order valence-corrected chi connectivity index (χ1v) is 11.5. The Balaban J connectivity index is 2.14. The Hall–Kier alpha value is -1.69. The van der Waals surface area contributed by atoms with Crippen molar-refractivity contribution < 1.29 is 9.59 Å². The fraction of sp³-hybridized carbons (Fsp3) is 0.364. The van der Waals surface area contributed by atoms with Crippen molar-refractivity contribution in [1.82, 2.24) is 10.2 Å². The molecule has 4 nitrogen and oxygen atoms in total. The Morgan fingerprint density at radius 1 is 1.00 bits per heavy atom. The zero-order valence-corrected chi connectivity index (χ0v) is 19.0. The highest BCUT2D eigenvalue weighted by atomic mass is 35.5. The number of hydrogen-bond acceptors (Lipinski definition) is 3. The lowest BCUT2D eigenvalue weighted by molar-refractivity contribution is -0.139. The number of rotatable bonds is 10. The molecule has 0 fully saturated rings. The van der Waals surface area contributed by atoms with E-state index in [1.807, 2.05) is 56.3 Å². The number of nitrogens with zero attached hydrogens (tertiary/aromatic N) is 1. The zero-order chi connectivity index (χ0) is 21.2. The van der Waals surface area contributed by atoms with Crippen LogP contribution in [0.3, 0.4) is 0 Å². The topological polar surface area (TPSA) is 49.4 Å². The van der Waals surface area contributed by atoms with Gasteiger partial charge in [0.1, 0.15) is 6.04 Å². The molecule has 1 N–H and O–H groups in total.